The lowest BCUT2D eigenvalue weighted by Gasteiger charge is -2.04. The van der Waals surface area contributed by atoms with Gasteiger partial charge in [0.1, 0.15) is 5.75 Å². The summed E-state index contributed by atoms with van der Waals surface area (Å²) in [7, 11) is 0. The van der Waals surface area contributed by atoms with Crippen molar-refractivity contribution < 1.29 is 24.2 Å². The molecule has 0 amide bonds. The monoisotopic (exact) mass is 287 g/mol. The lowest BCUT2D eigenvalue weighted by atomic mass is 10.2. The van der Waals surface area contributed by atoms with Crippen LogP contribution in [-0.4, -0.2) is 34.4 Å². The van der Waals surface area contributed by atoms with Gasteiger partial charge in [-0.3, -0.25) is 14.2 Å². The van der Waals surface area contributed by atoms with E-state index in [1.807, 2.05) is 6.92 Å². The molecule has 0 aliphatic heterocycles. The molecule has 0 aliphatic rings. The predicted molar refractivity (Wildman–Crippen MR) is 75.9 cm³/mol. The molecule has 1 N–H and O–H groups in total. The number of rotatable bonds is 5. The second-order valence-corrected chi connectivity index (χ2v) is 4.19. The van der Waals surface area contributed by atoms with Gasteiger partial charge in [0, 0.05) is 29.3 Å². The van der Waals surface area contributed by atoms with Crippen molar-refractivity contribution in [3.63, 3.8) is 0 Å². The van der Waals surface area contributed by atoms with Crippen LogP contribution in [0.15, 0.2) is 36.5 Å². The van der Waals surface area contributed by atoms with Crippen molar-refractivity contribution in [1.29, 1.82) is 0 Å². The van der Waals surface area contributed by atoms with Gasteiger partial charge in [0.25, 0.3) is 5.91 Å². The molecule has 0 bridgehead atoms. The molecular weight excluding hydrogens is 274 g/mol. The van der Waals surface area contributed by atoms with E-state index >= 15 is 0 Å². The van der Waals surface area contributed by atoms with Gasteiger partial charge < -0.3 is 9.84 Å². The van der Waals surface area contributed by atoms with Crippen LogP contribution >= 0.6 is 0 Å². The normalized spacial score (nSPS) is 10.9. The molecule has 0 fully saturated rings. The molecule has 0 radical (unpaired) electrons. The van der Waals surface area contributed by atoms with Crippen LogP contribution in [0.2, 0.25) is 0 Å². The Hall–Kier alpha value is -2.89. The topological polar surface area (TPSA) is 85.6 Å². The zero-order chi connectivity index (χ0) is 15.4. The highest BCUT2D eigenvalue weighted by molar-refractivity contribution is 6.06. The molecule has 0 saturated carbocycles. The summed E-state index contributed by atoms with van der Waals surface area (Å²) in [6.07, 6.45) is 3.71. The predicted octanol–water partition coefficient (Wildman–Crippen LogP) is 2.13. The molecule has 6 heteroatoms. The number of aliphatic carboxylic acids is 1. The second kappa shape index (κ2) is 6.04. The molecule has 6 nitrogen and oxygen atoms in total. The van der Waals surface area contributed by atoms with Gasteiger partial charge in [-0.2, -0.15) is 0 Å². The van der Waals surface area contributed by atoms with Gasteiger partial charge in [0.05, 0.1) is 12.1 Å². The van der Waals surface area contributed by atoms with Crippen molar-refractivity contribution in [2.24, 2.45) is 0 Å². The largest absolute Gasteiger partial charge is 0.494 e. The highest BCUT2D eigenvalue weighted by atomic mass is 16.5. The summed E-state index contributed by atoms with van der Waals surface area (Å²) in [5.41, 5.74) is 0.851. The summed E-state index contributed by atoms with van der Waals surface area (Å²) in [6.45, 7) is 2.33. The number of ether oxygens (including phenoxy) is 1. The number of hydrogen-bond donors (Lipinski definition) is 1. The number of carbonyl (C=O) groups excluding carboxylic acids is 2. The second-order valence-electron chi connectivity index (χ2n) is 4.19. The van der Waals surface area contributed by atoms with Crippen molar-refractivity contribution in [1.82, 2.24) is 4.57 Å². The highest BCUT2D eigenvalue weighted by Gasteiger charge is 2.12. The molecule has 21 heavy (non-hydrogen) atoms. The van der Waals surface area contributed by atoms with Gasteiger partial charge in [-0.1, -0.05) is 0 Å². The number of fused-ring (bicyclic) bond motifs is 1. The van der Waals surface area contributed by atoms with Crippen LogP contribution in [0.3, 0.4) is 0 Å². The van der Waals surface area contributed by atoms with E-state index in [1.165, 1.54) is 10.8 Å². The van der Waals surface area contributed by atoms with Gasteiger partial charge in [-0.15, -0.1) is 0 Å². The zero-order valence-electron chi connectivity index (χ0n) is 11.3. The van der Waals surface area contributed by atoms with Gasteiger partial charge in [-0.05, 0) is 25.1 Å². The summed E-state index contributed by atoms with van der Waals surface area (Å²) < 4.78 is 6.59. The minimum Gasteiger partial charge on any atom is -0.494 e. The highest BCUT2D eigenvalue weighted by Crippen LogP contribution is 2.25. The van der Waals surface area contributed by atoms with E-state index < -0.39 is 11.9 Å². The number of hydrogen-bond acceptors (Lipinski definition) is 4. The van der Waals surface area contributed by atoms with Crippen molar-refractivity contribution >= 4 is 29.1 Å². The number of nitrogens with zero attached hydrogens (tertiary/aromatic N) is 1. The third kappa shape index (κ3) is 3.00. The molecule has 2 rings (SSSR count). The van der Waals surface area contributed by atoms with E-state index in [4.69, 9.17) is 9.84 Å². The number of benzene rings is 1. The third-order valence-electron chi connectivity index (χ3n) is 2.85. The van der Waals surface area contributed by atoms with Crippen LogP contribution in [0, 0.1) is 0 Å². The zero-order valence-corrected chi connectivity index (χ0v) is 11.3. The first-order chi connectivity index (χ1) is 10.1. The third-order valence-corrected chi connectivity index (χ3v) is 2.85. The standard InChI is InChI=1S/C15H13NO5/c1-2-21-11-3-4-13-12(7-11)10(9-17)8-16(13)14(18)5-6-15(19)20/h3-9H,2H2,1H3,(H,19,20)/b6-5+. The van der Waals surface area contributed by atoms with Crippen molar-refractivity contribution in [2.75, 3.05) is 6.61 Å². The Morgan fingerprint density at radius 1 is 1.33 bits per heavy atom. The van der Waals surface area contributed by atoms with Gasteiger partial charge in [0.2, 0.25) is 0 Å². The van der Waals surface area contributed by atoms with Crippen LogP contribution in [0.25, 0.3) is 10.9 Å². The van der Waals surface area contributed by atoms with Crippen LogP contribution in [0.5, 0.6) is 5.75 Å². The summed E-state index contributed by atoms with van der Waals surface area (Å²) >= 11 is 0. The lowest BCUT2D eigenvalue weighted by molar-refractivity contribution is -0.131. The van der Waals surface area contributed by atoms with E-state index in [1.54, 1.807) is 18.2 Å². The molecule has 0 aliphatic carbocycles. The molecular formula is C15H13NO5. The summed E-state index contributed by atoms with van der Waals surface area (Å²) in [6, 6.07) is 5.01. The first kappa shape index (κ1) is 14.5. The average Bonchev–Trinajstić information content (AvgIpc) is 2.83. The Morgan fingerprint density at radius 2 is 2.10 bits per heavy atom. The van der Waals surface area contributed by atoms with Crippen LogP contribution < -0.4 is 4.74 Å². The Labute approximate surface area is 120 Å². The van der Waals surface area contributed by atoms with E-state index in [2.05, 4.69) is 0 Å². The quantitative estimate of drug-likeness (QED) is 0.672. The molecule has 0 atom stereocenters. The first-order valence-corrected chi connectivity index (χ1v) is 6.25. The maximum Gasteiger partial charge on any atom is 0.328 e. The molecule has 108 valence electrons. The summed E-state index contributed by atoms with van der Waals surface area (Å²) in [5.74, 6) is -1.16. The maximum absolute atomic E-state index is 12.0. The number of aldehydes is 1. The minimum absolute atomic E-state index is 0.337. The van der Waals surface area contributed by atoms with Crippen LogP contribution in [0.4, 0.5) is 0 Å². The molecule has 1 aromatic carbocycles. The Balaban J connectivity index is 2.53. The van der Waals surface area contributed by atoms with Gasteiger partial charge >= 0.3 is 5.97 Å². The number of aromatic nitrogens is 1. The molecule has 1 heterocycles. The van der Waals surface area contributed by atoms with Crippen LogP contribution in [-0.2, 0) is 4.79 Å². The fourth-order valence-electron chi connectivity index (χ4n) is 1.99. The minimum atomic E-state index is -1.21. The fourth-order valence-corrected chi connectivity index (χ4v) is 1.99. The van der Waals surface area contributed by atoms with E-state index in [0.717, 1.165) is 12.2 Å². The first-order valence-electron chi connectivity index (χ1n) is 6.25. The van der Waals surface area contributed by atoms with Crippen molar-refractivity contribution in [3.05, 3.63) is 42.1 Å². The Kier molecular flexibility index (Phi) is 4.18. The fraction of sp³-hybridized carbons (Fsp3) is 0.133. The lowest BCUT2D eigenvalue weighted by Crippen LogP contribution is -2.06. The van der Waals surface area contributed by atoms with E-state index in [-0.39, 0.29) is 0 Å². The van der Waals surface area contributed by atoms with E-state index in [9.17, 15) is 14.4 Å². The molecule has 0 unspecified atom stereocenters. The molecule has 1 aromatic heterocycles. The number of allylic oxidation sites excluding steroid dienone is 1. The number of carboxylic acids is 1. The number of carboxylic acid groups (broad SMARTS) is 1. The Morgan fingerprint density at radius 3 is 2.71 bits per heavy atom. The van der Waals surface area contributed by atoms with Crippen LogP contribution in [0.1, 0.15) is 22.1 Å². The van der Waals surface area contributed by atoms with Gasteiger partial charge in [0.15, 0.2) is 6.29 Å². The summed E-state index contributed by atoms with van der Waals surface area (Å²) in [5, 5.41) is 9.13. The van der Waals surface area contributed by atoms with Crippen molar-refractivity contribution in [3.8, 4) is 5.75 Å². The molecule has 0 spiro atoms. The Bertz CT molecular complexity index is 742. The molecule has 0 saturated heterocycles. The average molecular weight is 287 g/mol. The van der Waals surface area contributed by atoms with Gasteiger partial charge in [-0.25, -0.2) is 4.79 Å². The maximum atomic E-state index is 12.0. The summed E-state index contributed by atoms with van der Waals surface area (Å²) in [4.78, 5) is 33.5. The molecule has 2 aromatic rings. The smallest absolute Gasteiger partial charge is 0.328 e. The SMILES string of the molecule is CCOc1ccc2c(c1)c(C=O)cn2C(=O)/C=C/C(=O)O. The van der Waals surface area contributed by atoms with Crippen molar-refractivity contribution in [2.45, 2.75) is 6.92 Å². The van der Waals surface area contributed by atoms with E-state index in [0.29, 0.717) is 35.1 Å². The number of carbonyl (C=O) groups is 3.